The van der Waals surface area contributed by atoms with E-state index < -0.39 is 11.9 Å². The highest BCUT2D eigenvalue weighted by Crippen LogP contribution is 2.56. The Morgan fingerprint density at radius 2 is 2.12 bits per heavy atom. The number of hydrogen-bond donors (Lipinski definition) is 1. The fourth-order valence-corrected chi connectivity index (χ4v) is 5.08. The van der Waals surface area contributed by atoms with Crippen molar-refractivity contribution in [2.75, 3.05) is 0 Å². The van der Waals surface area contributed by atoms with Crippen LogP contribution in [0, 0.1) is 23.1 Å². The summed E-state index contributed by atoms with van der Waals surface area (Å²) in [7, 11) is 0. The van der Waals surface area contributed by atoms with Gasteiger partial charge < -0.3 is 5.11 Å². The van der Waals surface area contributed by atoms with E-state index in [1.807, 2.05) is 13.0 Å². The van der Waals surface area contributed by atoms with Crippen molar-refractivity contribution >= 4 is 5.97 Å². The molecule has 0 heterocycles. The number of benzene rings is 1. The second-order valence-electron chi connectivity index (χ2n) is 8.07. The predicted molar refractivity (Wildman–Crippen MR) is 97.9 cm³/mol. The van der Waals surface area contributed by atoms with E-state index >= 15 is 0 Å². The summed E-state index contributed by atoms with van der Waals surface area (Å²) in [5.41, 5.74) is 1.31. The fourth-order valence-electron chi connectivity index (χ4n) is 5.08. The average Bonchev–Trinajstić information content (AvgIpc) is 3.18. The quantitative estimate of drug-likeness (QED) is 0.593. The number of aliphatic carboxylic acids is 1. The molecule has 1 aromatic rings. The van der Waals surface area contributed by atoms with E-state index in [0.717, 1.165) is 17.9 Å². The Kier molecular flexibility index (Phi) is 5.61. The summed E-state index contributed by atoms with van der Waals surface area (Å²) in [5, 5.41) is 9.57. The maximum absolute atomic E-state index is 13.6. The summed E-state index contributed by atoms with van der Waals surface area (Å²) >= 11 is 0. The fraction of sp³-hybridized carbons (Fsp3) is 0.591. The summed E-state index contributed by atoms with van der Waals surface area (Å²) in [5.74, 6) is -0.796. The first-order chi connectivity index (χ1) is 12.0. The minimum absolute atomic E-state index is 0.174. The molecule has 0 radical (unpaired) electrons. The molecule has 136 valence electrons. The number of allylic oxidation sites excluding steroid dienone is 2. The number of carbonyl (C=O) groups is 1. The molecule has 3 rings (SSSR count). The normalized spacial score (nSPS) is 27.7. The van der Waals surface area contributed by atoms with Gasteiger partial charge in [-0.05, 0) is 80.4 Å². The molecular weight excluding hydrogens is 315 g/mol. The molecule has 0 amide bonds. The second-order valence-corrected chi connectivity index (χ2v) is 8.07. The predicted octanol–water partition coefficient (Wildman–Crippen LogP) is 5.94. The summed E-state index contributed by atoms with van der Waals surface area (Å²) in [6.07, 6.45) is 13.6. The molecule has 2 aliphatic rings. The van der Waals surface area contributed by atoms with Gasteiger partial charge in [-0.25, -0.2) is 4.39 Å². The molecule has 2 nitrogen and oxygen atoms in total. The van der Waals surface area contributed by atoms with Gasteiger partial charge in [0.15, 0.2) is 0 Å². The van der Waals surface area contributed by atoms with E-state index in [9.17, 15) is 14.3 Å². The Bertz CT molecular complexity index is 629. The minimum atomic E-state index is -0.793. The van der Waals surface area contributed by atoms with Gasteiger partial charge in [-0.1, -0.05) is 31.2 Å². The van der Waals surface area contributed by atoms with Crippen LogP contribution in [0.2, 0.25) is 0 Å². The molecule has 0 spiro atoms. The SMILES string of the molecule is CCC(C(=O)O)C(CC=CCC12CCC(CC1)C2)c1cccc(F)c1. The molecular formula is C22H29FO2. The van der Waals surface area contributed by atoms with Crippen LogP contribution in [0.1, 0.15) is 69.8 Å². The molecule has 3 heteroatoms. The lowest BCUT2D eigenvalue weighted by atomic mass is 9.80. The van der Waals surface area contributed by atoms with Gasteiger partial charge in [-0.15, -0.1) is 0 Å². The van der Waals surface area contributed by atoms with Crippen LogP contribution in [0.4, 0.5) is 4.39 Å². The van der Waals surface area contributed by atoms with Crippen LogP contribution in [0.25, 0.3) is 0 Å². The average molecular weight is 344 g/mol. The molecule has 2 bridgehead atoms. The largest absolute Gasteiger partial charge is 0.481 e. The van der Waals surface area contributed by atoms with Gasteiger partial charge in [0.2, 0.25) is 0 Å². The smallest absolute Gasteiger partial charge is 0.307 e. The number of hydrogen-bond acceptors (Lipinski definition) is 1. The maximum atomic E-state index is 13.6. The minimum Gasteiger partial charge on any atom is -0.481 e. The molecule has 0 aliphatic heterocycles. The van der Waals surface area contributed by atoms with E-state index in [-0.39, 0.29) is 11.7 Å². The molecule has 0 aromatic heterocycles. The van der Waals surface area contributed by atoms with Gasteiger partial charge in [0, 0.05) is 5.92 Å². The Labute approximate surface area is 150 Å². The van der Waals surface area contributed by atoms with Crippen molar-refractivity contribution in [1.82, 2.24) is 0 Å². The highest BCUT2D eigenvalue weighted by atomic mass is 19.1. The molecule has 1 aromatic carbocycles. The standard InChI is InChI=1S/C22H29FO2/c1-2-19(21(24)25)20(17-6-5-7-18(23)14-17)8-3-4-11-22-12-9-16(15-22)10-13-22/h3-7,14,16,19-20H,2,8-13,15H2,1H3,(H,24,25). The van der Waals surface area contributed by atoms with Gasteiger partial charge in [-0.2, -0.15) is 0 Å². The number of halogens is 1. The zero-order valence-corrected chi connectivity index (χ0v) is 15.1. The zero-order chi connectivity index (χ0) is 17.9. The van der Waals surface area contributed by atoms with Crippen molar-refractivity contribution in [1.29, 1.82) is 0 Å². The van der Waals surface area contributed by atoms with Crippen molar-refractivity contribution in [2.24, 2.45) is 17.3 Å². The summed E-state index contributed by atoms with van der Waals surface area (Å²) in [6, 6.07) is 6.42. The molecule has 2 atom stereocenters. The van der Waals surface area contributed by atoms with E-state index in [2.05, 4.69) is 12.2 Å². The molecule has 0 saturated heterocycles. The highest BCUT2D eigenvalue weighted by Gasteiger charge is 2.43. The lowest BCUT2D eigenvalue weighted by molar-refractivity contribution is -0.142. The van der Waals surface area contributed by atoms with E-state index in [1.165, 1.54) is 44.2 Å². The van der Waals surface area contributed by atoms with Crippen LogP contribution in [0.3, 0.4) is 0 Å². The number of rotatable bonds is 8. The molecule has 2 saturated carbocycles. The van der Waals surface area contributed by atoms with E-state index in [4.69, 9.17) is 0 Å². The van der Waals surface area contributed by atoms with Crippen molar-refractivity contribution in [2.45, 2.75) is 64.2 Å². The molecule has 2 unspecified atom stereocenters. The number of carboxylic acids is 1. The Balaban J connectivity index is 1.69. The van der Waals surface area contributed by atoms with Crippen LogP contribution >= 0.6 is 0 Å². The van der Waals surface area contributed by atoms with E-state index in [0.29, 0.717) is 18.3 Å². The summed E-state index contributed by atoms with van der Waals surface area (Å²) in [6.45, 7) is 1.89. The van der Waals surface area contributed by atoms with Crippen LogP contribution in [0.5, 0.6) is 0 Å². The van der Waals surface area contributed by atoms with Crippen molar-refractivity contribution < 1.29 is 14.3 Å². The molecule has 1 N–H and O–H groups in total. The van der Waals surface area contributed by atoms with Gasteiger partial charge in [0.05, 0.1) is 5.92 Å². The number of carboxylic acid groups (broad SMARTS) is 1. The van der Waals surface area contributed by atoms with Gasteiger partial charge in [0.1, 0.15) is 5.82 Å². The van der Waals surface area contributed by atoms with Gasteiger partial charge >= 0.3 is 5.97 Å². The molecule has 2 aliphatic carbocycles. The molecule has 2 fully saturated rings. The monoisotopic (exact) mass is 344 g/mol. The molecule has 25 heavy (non-hydrogen) atoms. The van der Waals surface area contributed by atoms with Crippen LogP contribution in [0.15, 0.2) is 36.4 Å². The van der Waals surface area contributed by atoms with E-state index in [1.54, 1.807) is 6.07 Å². The topological polar surface area (TPSA) is 37.3 Å². The third-order valence-corrected chi connectivity index (χ3v) is 6.51. The zero-order valence-electron chi connectivity index (χ0n) is 15.1. The number of fused-ring (bicyclic) bond motifs is 2. The van der Waals surface area contributed by atoms with Crippen molar-refractivity contribution in [3.05, 3.63) is 47.8 Å². The Hall–Kier alpha value is -1.64. The van der Waals surface area contributed by atoms with Crippen molar-refractivity contribution in [3.63, 3.8) is 0 Å². The van der Waals surface area contributed by atoms with Crippen LogP contribution < -0.4 is 0 Å². The summed E-state index contributed by atoms with van der Waals surface area (Å²) in [4.78, 5) is 11.7. The highest BCUT2D eigenvalue weighted by molar-refractivity contribution is 5.71. The second kappa shape index (κ2) is 7.72. The Morgan fingerprint density at radius 1 is 1.36 bits per heavy atom. The first-order valence-corrected chi connectivity index (χ1v) is 9.66. The maximum Gasteiger partial charge on any atom is 0.307 e. The van der Waals surface area contributed by atoms with Crippen LogP contribution in [-0.4, -0.2) is 11.1 Å². The van der Waals surface area contributed by atoms with Gasteiger partial charge in [-0.3, -0.25) is 4.79 Å². The first-order valence-electron chi connectivity index (χ1n) is 9.66. The first kappa shape index (κ1) is 18.2. The van der Waals surface area contributed by atoms with Crippen molar-refractivity contribution in [3.8, 4) is 0 Å². The summed E-state index contributed by atoms with van der Waals surface area (Å²) < 4.78 is 13.6. The Morgan fingerprint density at radius 3 is 2.68 bits per heavy atom. The third-order valence-electron chi connectivity index (χ3n) is 6.51. The van der Waals surface area contributed by atoms with Gasteiger partial charge in [0.25, 0.3) is 0 Å². The van der Waals surface area contributed by atoms with Crippen LogP contribution in [-0.2, 0) is 4.79 Å². The third kappa shape index (κ3) is 4.13. The lowest BCUT2D eigenvalue weighted by Crippen LogP contribution is -2.21. The lowest BCUT2D eigenvalue weighted by Gasteiger charge is -2.25.